The third-order valence-corrected chi connectivity index (χ3v) is 3.52. The van der Waals surface area contributed by atoms with Crippen LogP contribution in [0.3, 0.4) is 0 Å². The predicted molar refractivity (Wildman–Crippen MR) is 84.2 cm³/mol. The van der Waals surface area contributed by atoms with Gasteiger partial charge < -0.3 is 15.2 Å². The van der Waals surface area contributed by atoms with Gasteiger partial charge >= 0.3 is 0 Å². The Hall–Kier alpha value is -1.06. The monoisotopic (exact) mass is 279 g/mol. The second-order valence-electron chi connectivity index (χ2n) is 5.26. The Bertz CT molecular complexity index is 355. The zero-order valence-corrected chi connectivity index (χ0v) is 12.9. The molecule has 0 aliphatic heterocycles. The summed E-state index contributed by atoms with van der Waals surface area (Å²) in [6, 6.07) is 7.61. The topological polar surface area (TPSA) is 41.5 Å². The van der Waals surface area contributed by atoms with Gasteiger partial charge in [-0.25, -0.2) is 0 Å². The van der Waals surface area contributed by atoms with Crippen LogP contribution < -0.4 is 10.1 Å². The molecule has 0 heterocycles. The molecule has 3 heteroatoms. The van der Waals surface area contributed by atoms with Crippen molar-refractivity contribution in [1.29, 1.82) is 0 Å². The van der Waals surface area contributed by atoms with E-state index in [0.717, 1.165) is 17.9 Å². The third kappa shape index (κ3) is 6.92. The van der Waals surface area contributed by atoms with Crippen molar-refractivity contribution in [3.63, 3.8) is 0 Å². The molecular weight excluding hydrogens is 250 g/mol. The fraction of sp³-hybridized carbons (Fsp3) is 0.647. The van der Waals surface area contributed by atoms with Crippen molar-refractivity contribution in [2.45, 2.75) is 51.6 Å². The van der Waals surface area contributed by atoms with Crippen molar-refractivity contribution in [1.82, 2.24) is 5.32 Å². The van der Waals surface area contributed by atoms with E-state index in [1.165, 1.54) is 38.5 Å². The van der Waals surface area contributed by atoms with Crippen LogP contribution in [0, 0.1) is 0 Å². The highest BCUT2D eigenvalue weighted by atomic mass is 16.5. The summed E-state index contributed by atoms with van der Waals surface area (Å²) < 4.78 is 5.16. The fourth-order valence-electron chi connectivity index (χ4n) is 2.24. The number of aliphatic hydroxyl groups excluding tert-OH is 1. The Kier molecular flexibility index (Phi) is 9.09. The summed E-state index contributed by atoms with van der Waals surface area (Å²) in [5, 5.41) is 13.4. The number of benzene rings is 1. The van der Waals surface area contributed by atoms with Gasteiger partial charge in [-0.05, 0) is 30.7 Å². The Labute approximate surface area is 123 Å². The summed E-state index contributed by atoms with van der Waals surface area (Å²) >= 11 is 0. The highest BCUT2D eigenvalue weighted by Crippen LogP contribution is 2.18. The zero-order valence-electron chi connectivity index (χ0n) is 12.9. The first-order valence-corrected chi connectivity index (χ1v) is 7.80. The van der Waals surface area contributed by atoms with Crippen molar-refractivity contribution in [3.8, 4) is 5.75 Å². The van der Waals surface area contributed by atoms with Crippen LogP contribution in [0.5, 0.6) is 5.75 Å². The SMILES string of the molecule is CCCCCCCCNCC(O)c1cccc(OC)c1. The number of hydrogen-bond donors (Lipinski definition) is 2. The number of unbranched alkanes of at least 4 members (excludes halogenated alkanes) is 5. The van der Waals surface area contributed by atoms with Gasteiger partial charge in [-0.2, -0.15) is 0 Å². The lowest BCUT2D eigenvalue weighted by molar-refractivity contribution is 0.174. The molecule has 0 amide bonds. The van der Waals surface area contributed by atoms with E-state index in [2.05, 4.69) is 12.2 Å². The van der Waals surface area contributed by atoms with Gasteiger partial charge in [-0.15, -0.1) is 0 Å². The molecule has 0 saturated heterocycles. The number of rotatable bonds is 11. The Morgan fingerprint density at radius 2 is 1.90 bits per heavy atom. The Balaban J connectivity index is 2.12. The molecule has 1 aromatic carbocycles. The van der Waals surface area contributed by atoms with Crippen molar-refractivity contribution < 1.29 is 9.84 Å². The van der Waals surface area contributed by atoms with Crippen LogP contribution in [0.15, 0.2) is 24.3 Å². The molecule has 3 nitrogen and oxygen atoms in total. The molecule has 114 valence electrons. The van der Waals surface area contributed by atoms with Crippen LogP contribution in [0.4, 0.5) is 0 Å². The molecule has 0 saturated carbocycles. The number of ether oxygens (including phenoxy) is 1. The first kappa shape index (κ1) is 17.0. The van der Waals surface area contributed by atoms with E-state index < -0.39 is 6.10 Å². The molecule has 0 spiro atoms. The molecule has 1 rings (SSSR count). The van der Waals surface area contributed by atoms with E-state index in [9.17, 15) is 5.11 Å². The minimum atomic E-state index is -0.467. The summed E-state index contributed by atoms with van der Waals surface area (Å²) in [6.07, 6.45) is 7.32. The number of nitrogens with one attached hydrogen (secondary N) is 1. The normalized spacial score (nSPS) is 12.3. The van der Waals surface area contributed by atoms with Crippen LogP contribution in [-0.4, -0.2) is 25.3 Å². The summed E-state index contributed by atoms with van der Waals surface area (Å²) in [7, 11) is 1.64. The van der Waals surface area contributed by atoms with Crippen LogP contribution in [0.2, 0.25) is 0 Å². The van der Waals surface area contributed by atoms with Gasteiger partial charge in [0, 0.05) is 6.54 Å². The molecule has 0 fully saturated rings. The van der Waals surface area contributed by atoms with E-state index >= 15 is 0 Å². The molecule has 0 bridgehead atoms. The second-order valence-corrected chi connectivity index (χ2v) is 5.26. The molecule has 0 aromatic heterocycles. The van der Waals surface area contributed by atoms with E-state index in [1.54, 1.807) is 7.11 Å². The molecule has 1 unspecified atom stereocenters. The Morgan fingerprint density at radius 1 is 1.15 bits per heavy atom. The van der Waals surface area contributed by atoms with Gasteiger partial charge in [0.2, 0.25) is 0 Å². The van der Waals surface area contributed by atoms with Crippen LogP contribution in [0.25, 0.3) is 0 Å². The van der Waals surface area contributed by atoms with Gasteiger partial charge in [0.05, 0.1) is 13.2 Å². The quantitative estimate of drug-likeness (QED) is 0.607. The van der Waals surface area contributed by atoms with E-state index in [4.69, 9.17) is 4.74 Å². The van der Waals surface area contributed by atoms with Crippen LogP contribution >= 0.6 is 0 Å². The maximum absolute atomic E-state index is 10.1. The lowest BCUT2D eigenvalue weighted by atomic mass is 10.1. The summed E-state index contributed by atoms with van der Waals surface area (Å²) in [5.74, 6) is 0.789. The van der Waals surface area contributed by atoms with E-state index in [-0.39, 0.29) is 0 Å². The lowest BCUT2D eigenvalue weighted by Crippen LogP contribution is -2.22. The van der Waals surface area contributed by atoms with E-state index in [0.29, 0.717) is 6.54 Å². The first-order valence-electron chi connectivity index (χ1n) is 7.80. The van der Waals surface area contributed by atoms with Gasteiger partial charge in [-0.1, -0.05) is 51.2 Å². The average molecular weight is 279 g/mol. The minimum Gasteiger partial charge on any atom is -0.497 e. The number of hydrogen-bond acceptors (Lipinski definition) is 3. The number of aliphatic hydroxyl groups is 1. The molecule has 1 aromatic rings. The lowest BCUT2D eigenvalue weighted by Gasteiger charge is -2.13. The number of methoxy groups -OCH3 is 1. The maximum atomic E-state index is 10.1. The van der Waals surface area contributed by atoms with Gasteiger partial charge in [-0.3, -0.25) is 0 Å². The predicted octanol–water partition coefficient (Wildman–Crippen LogP) is 3.68. The second kappa shape index (κ2) is 10.7. The van der Waals surface area contributed by atoms with Crippen molar-refractivity contribution in [2.24, 2.45) is 0 Å². The van der Waals surface area contributed by atoms with E-state index in [1.807, 2.05) is 24.3 Å². The first-order chi connectivity index (χ1) is 9.77. The Morgan fingerprint density at radius 3 is 2.65 bits per heavy atom. The summed E-state index contributed by atoms with van der Waals surface area (Å²) in [5.41, 5.74) is 0.903. The molecule has 0 radical (unpaired) electrons. The minimum absolute atomic E-state index is 0.467. The average Bonchev–Trinajstić information content (AvgIpc) is 2.49. The molecular formula is C17H29NO2. The highest BCUT2D eigenvalue weighted by molar-refractivity contribution is 5.29. The summed E-state index contributed by atoms with van der Waals surface area (Å²) in [4.78, 5) is 0. The standard InChI is InChI=1S/C17H29NO2/c1-3-4-5-6-7-8-12-18-14-17(19)15-10-9-11-16(13-15)20-2/h9-11,13,17-19H,3-8,12,14H2,1-2H3. The molecule has 0 aliphatic carbocycles. The molecule has 2 N–H and O–H groups in total. The highest BCUT2D eigenvalue weighted by Gasteiger charge is 2.07. The largest absolute Gasteiger partial charge is 0.497 e. The molecule has 0 aliphatic rings. The summed E-state index contributed by atoms with van der Waals surface area (Å²) in [6.45, 7) is 3.82. The third-order valence-electron chi connectivity index (χ3n) is 3.52. The van der Waals surface area contributed by atoms with Crippen molar-refractivity contribution >= 4 is 0 Å². The van der Waals surface area contributed by atoms with Crippen LogP contribution in [-0.2, 0) is 0 Å². The van der Waals surface area contributed by atoms with Crippen molar-refractivity contribution in [3.05, 3.63) is 29.8 Å². The molecule has 1 atom stereocenters. The van der Waals surface area contributed by atoms with Crippen molar-refractivity contribution in [2.75, 3.05) is 20.2 Å². The maximum Gasteiger partial charge on any atom is 0.119 e. The smallest absolute Gasteiger partial charge is 0.119 e. The van der Waals surface area contributed by atoms with Gasteiger partial charge in [0.1, 0.15) is 5.75 Å². The van der Waals surface area contributed by atoms with Gasteiger partial charge in [0.15, 0.2) is 0 Å². The fourth-order valence-corrected chi connectivity index (χ4v) is 2.24. The van der Waals surface area contributed by atoms with Crippen LogP contribution in [0.1, 0.15) is 57.1 Å². The molecule has 20 heavy (non-hydrogen) atoms. The zero-order chi connectivity index (χ0) is 14.6. The van der Waals surface area contributed by atoms with Gasteiger partial charge in [0.25, 0.3) is 0 Å².